The smallest absolute Gasteiger partial charge is 0.191 e. The van der Waals surface area contributed by atoms with Gasteiger partial charge in [0.2, 0.25) is 0 Å². The van der Waals surface area contributed by atoms with E-state index in [1.54, 1.807) is 0 Å². The van der Waals surface area contributed by atoms with Crippen LogP contribution < -0.4 is 10.6 Å². The number of rotatable bonds is 11. The van der Waals surface area contributed by atoms with Gasteiger partial charge in [-0.05, 0) is 64.6 Å². The lowest BCUT2D eigenvalue weighted by Crippen LogP contribution is -2.38. The van der Waals surface area contributed by atoms with Crippen LogP contribution in [0.25, 0.3) is 0 Å². The maximum Gasteiger partial charge on any atom is 0.191 e. The third-order valence-corrected chi connectivity index (χ3v) is 5.25. The Morgan fingerprint density at radius 1 is 1.13 bits per heavy atom. The quantitative estimate of drug-likeness (QED) is 0.343. The third kappa shape index (κ3) is 10.1. The second-order valence-corrected chi connectivity index (χ2v) is 7.50. The summed E-state index contributed by atoms with van der Waals surface area (Å²) in [6.07, 6.45) is 12.9. The van der Waals surface area contributed by atoms with Crippen molar-refractivity contribution < 1.29 is 0 Å². The number of hydrogen-bond acceptors (Lipinski definition) is 3. The molecule has 0 aromatic heterocycles. The summed E-state index contributed by atoms with van der Waals surface area (Å²) in [6.45, 7) is 6.16. The number of guanidine groups is 1. The summed E-state index contributed by atoms with van der Waals surface area (Å²) in [5, 5.41) is 6.79. The minimum absolute atomic E-state index is 0.815. The standard InChI is InChI=1S/C18H38N4S/c1-4-19-18(20-13-8-9-16-23-3)21-14-10-15-22(2)17-11-6-5-7-12-17/h17H,4-16H2,1-3H3,(H2,19,20,21). The molecule has 0 unspecified atom stereocenters. The molecule has 4 nitrogen and oxygen atoms in total. The van der Waals surface area contributed by atoms with Crippen LogP contribution in [0.2, 0.25) is 0 Å². The summed E-state index contributed by atoms with van der Waals surface area (Å²) < 4.78 is 0. The van der Waals surface area contributed by atoms with Crippen molar-refractivity contribution in [3.8, 4) is 0 Å². The van der Waals surface area contributed by atoms with E-state index in [0.717, 1.165) is 38.1 Å². The van der Waals surface area contributed by atoms with Gasteiger partial charge < -0.3 is 15.5 Å². The largest absolute Gasteiger partial charge is 0.357 e. The van der Waals surface area contributed by atoms with Crippen molar-refractivity contribution >= 4 is 17.7 Å². The highest BCUT2D eigenvalue weighted by atomic mass is 32.2. The molecule has 1 aliphatic carbocycles. The predicted molar refractivity (Wildman–Crippen MR) is 106 cm³/mol. The van der Waals surface area contributed by atoms with E-state index in [9.17, 15) is 0 Å². The van der Waals surface area contributed by atoms with Crippen molar-refractivity contribution in [3.63, 3.8) is 0 Å². The molecule has 136 valence electrons. The van der Waals surface area contributed by atoms with E-state index >= 15 is 0 Å². The average molecular weight is 343 g/mol. The Bertz CT molecular complexity index is 303. The molecule has 1 rings (SSSR count). The van der Waals surface area contributed by atoms with Gasteiger partial charge in [-0.1, -0.05) is 19.3 Å². The number of nitrogens with one attached hydrogen (secondary N) is 2. The zero-order chi connectivity index (χ0) is 16.8. The molecule has 2 N–H and O–H groups in total. The number of unbranched alkanes of at least 4 members (excludes halogenated alkanes) is 1. The van der Waals surface area contributed by atoms with Crippen LogP contribution in [0.1, 0.15) is 58.3 Å². The SMILES string of the molecule is CCNC(=NCCCN(C)C1CCCCC1)NCCCCSC. The third-order valence-electron chi connectivity index (χ3n) is 4.55. The molecule has 0 bridgehead atoms. The van der Waals surface area contributed by atoms with Gasteiger partial charge in [-0.15, -0.1) is 0 Å². The molecule has 1 aliphatic rings. The summed E-state index contributed by atoms with van der Waals surface area (Å²) >= 11 is 1.92. The van der Waals surface area contributed by atoms with Crippen LogP contribution in [-0.4, -0.2) is 62.1 Å². The molecule has 5 heteroatoms. The van der Waals surface area contributed by atoms with E-state index in [1.165, 1.54) is 57.2 Å². The lowest BCUT2D eigenvalue weighted by molar-refractivity contribution is 0.191. The van der Waals surface area contributed by atoms with Crippen LogP contribution in [0.4, 0.5) is 0 Å². The topological polar surface area (TPSA) is 39.7 Å². The fourth-order valence-electron chi connectivity index (χ4n) is 3.14. The van der Waals surface area contributed by atoms with Crippen molar-refractivity contribution in [3.05, 3.63) is 0 Å². The van der Waals surface area contributed by atoms with Crippen LogP contribution in [0.15, 0.2) is 4.99 Å². The van der Waals surface area contributed by atoms with Gasteiger partial charge in [0, 0.05) is 25.7 Å². The zero-order valence-electron chi connectivity index (χ0n) is 15.6. The minimum Gasteiger partial charge on any atom is -0.357 e. The molecular weight excluding hydrogens is 304 g/mol. The molecule has 1 saturated carbocycles. The Balaban J connectivity index is 2.16. The second kappa shape index (κ2) is 14.0. The van der Waals surface area contributed by atoms with E-state index < -0.39 is 0 Å². The molecule has 0 radical (unpaired) electrons. The van der Waals surface area contributed by atoms with Crippen molar-refractivity contribution in [2.45, 2.75) is 64.3 Å². The lowest BCUT2D eigenvalue weighted by Gasteiger charge is -2.31. The molecule has 23 heavy (non-hydrogen) atoms. The van der Waals surface area contributed by atoms with Crippen molar-refractivity contribution in [1.29, 1.82) is 0 Å². The Labute approximate surface area is 148 Å². The molecule has 0 aromatic rings. The zero-order valence-corrected chi connectivity index (χ0v) is 16.4. The van der Waals surface area contributed by atoms with Gasteiger partial charge in [-0.3, -0.25) is 4.99 Å². The predicted octanol–water partition coefficient (Wildman–Crippen LogP) is 3.34. The maximum absolute atomic E-state index is 4.71. The van der Waals surface area contributed by atoms with Gasteiger partial charge in [0.05, 0.1) is 0 Å². The van der Waals surface area contributed by atoms with E-state index in [2.05, 4.69) is 35.8 Å². The van der Waals surface area contributed by atoms with Crippen molar-refractivity contribution in [2.24, 2.45) is 4.99 Å². The molecule has 0 aliphatic heterocycles. The normalized spacial score (nSPS) is 16.8. The molecule has 0 heterocycles. The van der Waals surface area contributed by atoms with Crippen molar-refractivity contribution in [1.82, 2.24) is 15.5 Å². The van der Waals surface area contributed by atoms with E-state index in [1.807, 2.05) is 11.8 Å². The fraction of sp³-hybridized carbons (Fsp3) is 0.944. The fourth-order valence-corrected chi connectivity index (χ4v) is 3.63. The Hall–Kier alpha value is -0.420. The first-order valence-electron chi connectivity index (χ1n) is 9.49. The number of thioether (sulfide) groups is 1. The highest BCUT2D eigenvalue weighted by Gasteiger charge is 2.17. The van der Waals surface area contributed by atoms with Gasteiger partial charge in [-0.25, -0.2) is 0 Å². The van der Waals surface area contributed by atoms with E-state index in [0.29, 0.717) is 0 Å². The molecule has 0 spiro atoms. The van der Waals surface area contributed by atoms with Gasteiger partial charge in [0.25, 0.3) is 0 Å². The average Bonchev–Trinajstić information content (AvgIpc) is 2.59. The van der Waals surface area contributed by atoms with Crippen LogP contribution in [0.3, 0.4) is 0 Å². The van der Waals surface area contributed by atoms with Gasteiger partial charge in [-0.2, -0.15) is 11.8 Å². The van der Waals surface area contributed by atoms with Gasteiger partial charge >= 0.3 is 0 Å². The number of hydrogen-bond donors (Lipinski definition) is 2. The van der Waals surface area contributed by atoms with Gasteiger partial charge in [0.1, 0.15) is 0 Å². The van der Waals surface area contributed by atoms with Crippen LogP contribution >= 0.6 is 11.8 Å². The van der Waals surface area contributed by atoms with E-state index in [4.69, 9.17) is 4.99 Å². The monoisotopic (exact) mass is 342 g/mol. The Kier molecular flexibility index (Phi) is 12.5. The number of nitrogens with zero attached hydrogens (tertiary/aromatic N) is 2. The molecule has 0 atom stereocenters. The van der Waals surface area contributed by atoms with Crippen molar-refractivity contribution in [2.75, 3.05) is 45.2 Å². The summed E-state index contributed by atoms with van der Waals surface area (Å²) in [4.78, 5) is 7.26. The highest BCUT2D eigenvalue weighted by molar-refractivity contribution is 7.98. The minimum atomic E-state index is 0.815. The lowest BCUT2D eigenvalue weighted by atomic mass is 9.94. The summed E-state index contributed by atoms with van der Waals surface area (Å²) in [6, 6.07) is 0.815. The van der Waals surface area contributed by atoms with E-state index in [-0.39, 0.29) is 0 Å². The van der Waals surface area contributed by atoms with Crippen LogP contribution in [-0.2, 0) is 0 Å². The van der Waals surface area contributed by atoms with Gasteiger partial charge in [0.15, 0.2) is 5.96 Å². The Morgan fingerprint density at radius 3 is 2.61 bits per heavy atom. The summed E-state index contributed by atoms with van der Waals surface area (Å²) in [5.41, 5.74) is 0. The first-order chi connectivity index (χ1) is 11.3. The molecule has 0 saturated heterocycles. The summed E-state index contributed by atoms with van der Waals surface area (Å²) in [5.74, 6) is 2.24. The second-order valence-electron chi connectivity index (χ2n) is 6.51. The van der Waals surface area contributed by atoms with Crippen LogP contribution in [0.5, 0.6) is 0 Å². The Morgan fingerprint density at radius 2 is 1.91 bits per heavy atom. The molecule has 0 aromatic carbocycles. The maximum atomic E-state index is 4.71. The van der Waals surface area contributed by atoms with Crippen LogP contribution in [0, 0.1) is 0 Å². The molecule has 0 amide bonds. The first-order valence-corrected chi connectivity index (χ1v) is 10.9. The summed E-state index contributed by atoms with van der Waals surface area (Å²) in [7, 11) is 2.29. The molecule has 1 fully saturated rings. The first kappa shape index (κ1) is 20.6. The number of aliphatic imine (C=N–C) groups is 1. The highest BCUT2D eigenvalue weighted by Crippen LogP contribution is 2.21. The molecular formula is C18H38N4S.